The van der Waals surface area contributed by atoms with Crippen molar-refractivity contribution in [2.45, 2.75) is 19.3 Å². The van der Waals surface area contributed by atoms with Crippen molar-refractivity contribution in [1.29, 1.82) is 0 Å². The fraction of sp³-hybridized carbons (Fsp3) is 0.370. The molecule has 1 saturated heterocycles. The molecule has 3 heterocycles. The summed E-state index contributed by atoms with van der Waals surface area (Å²) in [5.74, 6) is -0.0538. The number of ether oxygens (including phenoxy) is 1. The number of likely N-dealkylation sites (tertiary alicyclic amines) is 1. The van der Waals surface area contributed by atoms with Crippen LogP contribution in [0.4, 0.5) is 21.7 Å². The number of hydrogen-bond donors (Lipinski definition) is 2. The van der Waals surface area contributed by atoms with Gasteiger partial charge in [0.15, 0.2) is 0 Å². The van der Waals surface area contributed by atoms with E-state index in [9.17, 15) is 9.18 Å². The van der Waals surface area contributed by atoms with Gasteiger partial charge in [0.2, 0.25) is 11.9 Å². The third-order valence-electron chi connectivity index (χ3n) is 6.89. The zero-order chi connectivity index (χ0) is 25.1. The fourth-order valence-corrected chi connectivity index (χ4v) is 4.83. The summed E-state index contributed by atoms with van der Waals surface area (Å²) in [6, 6.07) is 12.1. The Kier molecular flexibility index (Phi) is 6.99. The molecule has 36 heavy (non-hydrogen) atoms. The number of carbonyl (C=O) groups is 1. The lowest BCUT2D eigenvalue weighted by Crippen LogP contribution is -2.34. The van der Waals surface area contributed by atoms with Crippen LogP contribution in [0.3, 0.4) is 0 Å². The fourth-order valence-electron chi connectivity index (χ4n) is 4.83. The van der Waals surface area contributed by atoms with Gasteiger partial charge in [-0.05, 0) is 74.3 Å². The highest BCUT2D eigenvalue weighted by Gasteiger charge is 2.27. The molecule has 188 valence electrons. The Morgan fingerprint density at radius 3 is 2.86 bits per heavy atom. The number of halogens is 1. The molecule has 1 atom stereocenters. The number of likely N-dealkylation sites (N-methyl/N-ethyl adjacent to an activating group) is 1. The Hall–Kier alpha value is -3.72. The van der Waals surface area contributed by atoms with Gasteiger partial charge in [0, 0.05) is 31.9 Å². The third kappa shape index (κ3) is 5.41. The second-order valence-corrected chi connectivity index (χ2v) is 9.46. The summed E-state index contributed by atoms with van der Waals surface area (Å²) in [7, 11) is 2.03. The van der Waals surface area contributed by atoms with Crippen molar-refractivity contribution in [3.63, 3.8) is 0 Å². The van der Waals surface area contributed by atoms with E-state index in [0.717, 1.165) is 37.4 Å². The predicted octanol–water partition coefficient (Wildman–Crippen LogP) is 3.59. The molecule has 0 aliphatic carbocycles. The average molecular weight is 491 g/mol. The van der Waals surface area contributed by atoms with E-state index < -0.39 is 5.92 Å². The summed E-state index contributed by atoms with van der Waals surface area (Å²) in [4.78, 5) is 26.2. The smallest absolute Gasteiger partial charge is 0.231 e. The molecular formula is C27H31FN6O2. The second kappa shape index (κ2) is 10.5. The average Bonchev–Trinajstić information content (AvgIpc) is 3.41. The number of aromatic nitrogens is 2. The van der Waals surface area contributed by atoms with E-state index in [0.29, 0.717) is 29.1 Å². The van der Waals surface area contributed by atoms with Gasteiger partial charge in [0.1, 0.15) is 18.2 Å². The minimum absolute atomic E-state index is 0.155. The van der Waals surface area contributed by atoms with Gasteiger partial charge in [0.05, 0.1) is 23.0 Å². The molecule has 0 radical (unpaired) electrons. The minimum Gasteiger partial charge on any atom is -0.492 e. The highest BCUT2D eigenvalue weighted by Crippen LogP contribution is 2.33. The number of nitrogen functional groups attached to an aromatic ring is 1. The number of amides is 1. The lowest BCUT2D eigenvalue weighted by Gasteiger charge is -2.28. The summed E-state index contributed by atoms with van der Waals surface area (Å²) in [6.45, 7) is 4.27. The zero-order valence-electron chi connectivity index (χ0n) is 20.4. The van der Waals surface area contributed by atoms with Crippen LogP contribution in [0.15, 0.2) is 48.7 Å². The van der Waals surface area contributed by atoms with Gasteiger partial charge >= 0.3 is 0 Å². The Labute approximate surface area is 210 Å². The van der Waals surface area contributed by atoms with Gasteiger partial charge in [0.25, 0.3) is 0 Å². The largest absolute Gasteiger partial charge is 0.492 e. The summed E-state index contributed by atoms with van der Waals surface area (Å²) in [6.07, 6.45) is 4.55. The second-order valence-electron chi connectivity index (χ2n) is 9.46. The summed E-state index contributed by atoms with van der Waals surface area (Å²) >= 11 is 0. The predicted molar refractivity (Wildman–Crippen MR) is 139 cm³/mol. The molecule has 1 unspecified atom stereocenters. The van der Waals surface area contributed by atoms with Crippen molar-refractivity contribution < 1.29 is 13.9 Å². The van der Waals surface area contributed by atoms with Gasteiger partial charge in [-0.2, -0.15) is 0 Å². The highest BCUT2D eigenvalue weighted by molar-refractivity contribution is 5.97. The number of rotatable bonds is 7. The Morgan fingerprint density at radius 2 is 2.06 bits per heavy atom. The van der Waals surface area contributed by atoms with E-state index in [1.165, 1.54) is 25.0 Å². The molecule has 2 aliphatic heterocycles. The van der Waals surface area contributed by atoms with E-state index in [1.807, 2.05) is 31.3 Å². The van der Waals surface area contributed by atoms with Crippen molar-refractivity contribution in [1.82, 2.24) is 14.9 Å². The quantitative estimate of drug-likeness (QED) is 0.523. The molecule has 2 aromatic carbocycles. The number of nitrogens with zero attached hydrogens (tertiary/aromatic N) is 4. The highest BCUT2D eigenvalue weighted by atomic mass is 19.1. The first kappa shape index (κ1) is 24.0. The number of benzene rings is 2. The van der Waals surface area contributed by atoms with Gasteiger partial charge in [-0.1, -0.05) is 6.07 Å². The van der Waals surface area contributed by atoms with Crippen molar-refractivity contribution >= 4 is 23.2 Å². The van der Waals surface area contributed by atoms with Crippen molar-refractivity contribution in [2.24, 2.45) is 5.92 Å². The Balaban J connectivity index is 1.37. The standard InChI is InChI=1S/C27H31FN6O2/c1-33(12-13-34-10-2-3-11-34)24-16-18(22-8-9-30-27(29)32-22)4-6-23(24)31-26(35)20-14-19-15-21(28)5-7-25(19)36-17-20/h4-9,15-16,20H,2-3,10-14,17H2,1H3,(H,31,35)(H2,29,30,32). The lowest BCUT2D eigenvalue weighted by molar-refractivity contribution is -0.121. The lowest BCUT2D eigenvalue weighted by atomic mass is 9.95. The number of nitrogens with one attached hydrogen (secondary N) is 1. The molecule has 9 heteroatoms. The maximum atomic E-state index is 13.7. The molecule has 0 saturated carbocycles. The van der Waals surface area contributed by atoms with E-state index in [2.05, 4.69) is 25.1 Å². The summed E-state index contributed by atoms with van der Waals surface area (Å²) in [5, 5.41) is 3.10. The van der Waals surface area contributed by atoms with Gasteiger partial charge < -0.3 is 25.6 Å². The van der Waals surface area contributed by atoms with Crippen molar-refractivity contribution in [3.8, 4) is 17.0 Å². The van der Waals surface area contributed by atoms with Crippen LogP contribution in [0, 0.1) is 11.7 Å². The number of hydrogen-bond acceptors (Lipinski definition) is 7. The van der Waals surface area contributed by atoms with Gasteiger partial charge in [-0.15, -0.1) is 0 Å². The van der Waals surface area contributed by atoms with Gasteiger partial charge in [-0.25, -0.2) is 14.4 Å². The maximum absolute atomic E-state index is 13.7. The topological polar surface area (TPSA) is 96.6 Å². The molecular weight excluding hydrogens is 459 g/mol. The van der Waals surface area contributed by atoms with Crippen LogP contribution in [0.2, 0.25) is 0 Å². The Bertz CT molecular complexity index is 1250. The van der Waals surface area contributed by atoms with Gasteiger partial charge in [-0.3, -0.25) is 4.79 Å². The monoisotopic (exact) mass is 490 g/mol. The van der Waals surface area contributed by atoms with Crippen LogP contribution < -0.4 is 20.7 Å². The van der Waals surface area contributed by atoms with E-state index in [-0.39, 0.29) is 24.3 Å². The number of carbonyl (C=O) groups excluding carboxylic acids is 1. The van der Waals surface area contributed by atoms with Crippen LogP contribution in [-0.4, -0.2) is 60.6 Å². The molecule has 5 rings (SSSR count). The van der Waals surface area contributed by atoms with E-state index >= 15 is 0 Å². The first-order valence-electron chi connectivity index (χ1n) is 12.3. The number of nitrogens with two attached hydrogens (primary N) is 1. The van der Waals surface area contributed by atoms with Crippen LogP contribution in [0.1, 0.15) is 18.4 Å². The normalized spacial score (nSPS) is 17.3. The molecule has 0 bridgehead atoms. The summed E-state index contributed by atoms with van der Waals surface area (Å²) < 4.78 is 19.5. The van der Waals surface area contributed by atoms with E-state index in [1.54, 1.807) is 12.3 Å². The molecule has 1 fully saturated rings. The maximum Gasteiger partial charge on any atom is 0.231 e. The van der Waals surface area contributed by atoms with Crippen LogP contribution in [0.5, 0.6) is 5.75 Å². The summed E-state index contributed by atoms with van der Waals surface area (Å²) in [5.41, 5.74) is 9.71. The first-order chi connectivity index (χ1) is 17.5. The van der Waals surface area contributed by atoms with Crippen molar-refractivity contribution in [3.05, 3.63) is 60.0 Å². The Morgan fingerprint density at radius 1 is 1.22 bits per heavy atom. The first-order valence-corrected chi connectivity index (χ1v) is 12.3. The molecule has 1 aromatic heterocycles. The number of anilines is 3. The molecule has 2 aliphatic rings. The van der Waals surface area contributed by atoms with E-state index in [4.69, 9.17) is 10.5 Å². The van der Waals surface area contributed by atoms with Crippen molar-refractivity contribution in [2.75, 3.05) is 55.8 Å². The molecule has 3 aromatic rings. The third-order valence-corrected chi connectivity index (χ3v) is 6.89. The SMILES string of the molecule is CN(CCN1CCCC1)c1cc(-c2ccnc(N)n2)ccc1NC(=O)C1COc2ccc(F)cc2C1. The molecule has 0 spiro atoms. The molecule has 3 N–H and O–H groups in total. The van der Waals surface area contributed by atoms with Crippen LogP contribution in [-0.2, 0) is 11.2 Å². The molecule has 1 amide bonds. The number of fused-ring (bicyclic) bond motifs is 1. The van der Waals surface area contributed by atoms with Crippen LogP contribution in [0.25, 0.3) is 11.3 Å². The minimum atomic E-state index is -0.414. The zero-order valence-corrected chi connectivity index (χ0v) is 20.4. The van der Waals surface area contributed by atoms with Crippen LogP contribution >= 0.6 is 0 Å². The molecule has 8 nitrogen and oxygen atoms in total.